The average Bonchev–Trinajstić information content (AvgIpc) is 2.60. The summed E-state index contributed by atoms with van der Waals surface area (Å²) in [6.07, 6.45) is 5.30. The van der Waals surface area contributed by atoms with Crippen molar-refractivity contribution in [3.05, 3.63) is 29.3 Å². The summed E-state index contributed by atoms with van der Waals surface area (Å²) in [7, 11) is 0. The number of piperidine rings is 1. The van der Waals surface area contributed by atoms with Crippen LogP contribution in [0.1, 0.15) is 36.8 Å². The maximum absolute atomic E-state index is 5.87. The van der Waals surface area contributed by atoms with E-state index < -0.39 is 0 Å². The van der Waals surface area contributed by atoms with Gasteiger partial charge in [-0.25, -0.2) is 0 Å². The lowest BCUT2D eigenvalue weighted by atomic mass is 9.90. The molecule has 0 radical (unpaired) electrons. The molecule has 2 fully saturated rings. The van der Waals surface area contributed by atoms with E-state index in [1.807, 2.05) is 0 Å². The van der Waals surface area contributed by atoms with Crippen LogP contribution >= 0.6 is 0 Å². The minimum atomic E-state index is 0.735. The minimum absolute atomic E-state index is 0.735. The third kappa shape index (κ3) is 1.93. The Hall–Kier alpha value is -1.02. The maximum Gasteiger partial charge on any atom is 0.0401 e. The predicted molar refractivity (Wildman–Crippen MR) is 77.0 cm³/mol. The number of anilines is 1. The summed E-state index contributed by atoms with van der Waals surface area (Å²) >= 11 is 0. The van der Waals surface area contributed by atoms with Gasteiger partial charge in [0.1, 0.15) is 0 Å². The first kappa shape index (κ1) is 12.0. The lowest BCUT2D eigenvalue weighted by Crippen LogP contribution is -2.44. The molecule has 1 aromatic carbocycles. The molecule has 2 heterocycles. The molecule has 2 aliphatic heterocycles. The van der Waals surface area contributed by atoms with Crippen LogP contribution in [0.5, 0.6) is 0 Å². The second-order valence-electron chi connectivity index (χ2n) is 6.16. The zero-order chi connectivity index (χ0) is 12.7. The van der Waals surface area contributed by atoms with Gasteiger partial charge in [0.05, 0.1) is 0 Å². The molecular weight excluding hydrogens is 220 g/mol. The number of benzene rings is 1. The van der Waals surface area contributed by atoms with Crippen molar-refractivity contribution in [1.29, 1.82) is 0 Å². The number of nitrogens with two attached hydrogens (primary N) is 1. The van der Waals surface area contributed by atoms with E-state index in [1.165, 1.54) is 42.5 Å². The quantitative estimate of drug-likeness (QED) is 0.866. The molecule has 98 valence electrons. The van der Waals surface area contributed by atoms with E-state index in [0.29, 0.717) is 0 Å². The molecule has 0 aliphatic carbocycles. The SMILES string of the molecule is Cc1ccc(N2C3CCC2CC(CN)C3)c(C)c1. The Morgan fingerprint density at radius 1 is 1.17 bits per heavy atom. The number of nitrogens with zero attached hydrogens (tertiary/aromatic N) is 1. The van der Waals surface area contributed by atoms with Crippen molar-refractivity contribution in [3.63, 3.8) is 0 Å². The van der Waals surface area contributed by atoms with Gasteiger partial charge in [-0.2, -0.15) is 0 Å². The van der Waals surface area contributed by atoms with E-state index in [4.69, 9.17) is 5.73 Å². The van der Waals surface area contributed by atoms with Crippen molar-refractivity contribution in [2.45, 2.75) is 51.6 Å². The zero-order valence-corrected chi connectivity index (χ0v) is 11.5. The fourth-order valence-corrected chi connectivity index (χ4v) is 3.97. The van der Waals surface area contributed by atoms with Gasteiger partial charge in [-0.3, -0.25) is 0 Å². The molecule has 2 atom stereocenters. The Balaban J connectivity index is 1.89. The van der Waals surface area contributed by atoms with Gasteiger partial charge in [-0.1, -0.05) is 17.7 Å². The van der Waals surface area contributed by atoms with Crippen molar-refractivity contribution in [2.75, 3.05) is 11.4 Å². The summed E-state index contributed by atoms with van der Waals surface area (Å²) in [4.78, 5) is 2.70. The first-order valence-electron chi connectivity index (χ1n) is 7.24. The predicted octanol–water partition coefficient (Wildman–Crippen LogP) is 3.01. The molecule has 2 bridgehead atoms. The second-order valence-corrected chi connectivity index (χ2v) is 6.16. The molecule has 2 N–H and O–H groups in total. The summed E-state index contributed by atoms with van der Waals surface area (Å²) in [6.45, 7) is 5.29. The van der Waals surface area contributed by atoms with E-state index in [2.05, 4.69) is 36.9 Å². The molecule has 3 rings (SSSR count). The lowest BCUT2D eigenvalue weighted by Gasteiger charge is -2.41. The van der Waals surface area contributed by atoms with Crippen LogP contribution in [-0.2, 0) is 0 Å². The highest BCUT2D eigenvalue weighted by Gasteiger charge is 2.40. The van der Waals surface area contributed by atoms with E-state index in [0.717, 1.165) is 24.5 Å². The Labute approximate surface area is 110 Å². The third-order valence-corrected chi connectivity index (χ3v) is 4.79. The van der Waals surface area contributed by atoms with Gasteiger partial charge in [0.2, 0.25) is 0 Å². The lowest BCUT2D eigenvalue weighted by molar-refractivity contribution is 0.346. The van der Waals surface area contributed by atoms with Crippen LogP contribution in [-0.4, -0.2) is 18.6 Å². The molecule has 2 heteroatoms. The standard InChI is InChI=1S/C16H24N2/c1-11-3-6-16(12(2)7-11)18-14-4-5-15(18)9-13(8-14)10-17/h3,6-7,13-15H,4-5,8-10,17H2,1-2H3. The molecule has 0 spiro atoms. The Kier molecular flexibility index (Phi) is 3.06. The highest BCUT2D eigenvalue weighted by molar-refractivity contribution is 5.57. The van der Waals surface area contributed by atoms with Crippen LogP contribution in [0.15, 0.2) is 18.2 Å². The average molecular weight is 244 g/mol. The van der Waals surface area contributed by atoms with Crippen molar-refractivity contribution in [2.24, 2.45) is 11.7 Å². The summed E-state index contributed by atoms with van der Waals surface area (Å²) < 4.78 is 0. The fourth-order valence-electron chi connectivity index (χ4n) is 3.97. The van der Waals surface area contributed by atoms with Crippen molar-refractivity contribution < 1.29 is 0 Å². The van der Waals surface area contributed by atoms with Crippen LogP contribution in [0.25, 0.3) is 0 Å². The third-order valence-electron chi connectivity index (χ3n) is 4.79. The molecule has 1 aromatic rings. The van der Waals surface area contributed by atoms with E-state index in [1.54, 1.807) is 0 Å². The Morgan fingerprint density at radius 2 is 1.83 bits per heavy atom. The number of rotatable bonds is 2. The van der Waals surface area contributed by atoms with Gasteiger partial charge >= 0.3 is 0 Å². The molecule has 2 aliphatic rings. The highest BCUT2D eigenvalue weighted by atomic mass is 15.2. The number of fused-ring (bicyclic) bond motifs is 2. The van der Waals surface area contributed by atoms with Crippen LogP contribution < -0.4 is 10.6 Å². The normalized spacial score (nSPS) is 30.8. The van der Waals surface area contributed by atoms with Crippen molar-refractivity contribution in [1.82, 2.24) is 0 Å². The van der Waals surface area contributed by atoms with Gasteiger partial charge in [0.25, 0.3) is 0 Å². The first-order chi connectivity index (χ1) is 8.69. The number of hydrogen-bond donors (Lipinski definition) is 1. The highest BCUT2D eigenvalue weighted by Crippen LogP contribution is 2.42. The van der Waals surface area contributed by atoms with Crippen LogP contribution in [0, 0.1) is 19.8 Å². The van der Waals surface area contributed by atoms with Crippen LogP contribution in [0.2, 0.25) is 0 Å². The maximum atomic E-state index is 5.87. The molecule has 18 heavy (non-hydrogen) atoms. The first-order valence-corrected chi connectivity index (χ1v) is 7.24. The largest absolute Gasteiger partial charge is 0.365 e. The van der Waals surface area contributed by atoms with E-state index >= 15 is 0 Å². The number of aryl methyl sites for hydroxylation is 2. The zero-order valence-electron chi connectivity index (χ0n) is 11.5. The Bertz CT molecular complexity index is 427. The molecule has 0 aromatic heterocycles. The van der Waals surface area contributed by atoms with Gasteiger partial charge in [0.15, 0.2) is 0 Å². The molecule has 0 saturated carbocycles. The molecular formula is C16H24N2. The van der Waals surface area contributed by atoms with Gasteiger partial charge < -0.3 is 10.6 Å². The van der Waals surface area contributed by atoms with Crippen LogP contribution in [0.3, 0.4) is 0 Å². The summed E-state index contributed by atoms with van der Waals surface area (Å²) in [5.41, 5.74) is 10.1. The van der Waals surface area contributed by atoms with E-state index in [-0.39, 0.29) is 0 Å². The fraction of sp³-hybridized carbons (Fsp3) is 0.625. The van der Waals surface area contributed by atoms with Crippen LogP contribution in [0.4, 0.5) is 5.69 Å². The van der Waals surface area contributed by atoms with Gasteiger partial charge in [0, 0.05) is 17.8 Å². The van der Waals surface area contributed by atoms with Gasteiger partial charge in [-0.05, 0) is 63.6 Å². The molecule has 0 amide bonds. The minimum Gasteiger partial charge on any atom is -0.365 e. The summed E-state index contributed by atoms with van der Waals surface area (Å²) in [5.74, 6) is 0.754. The van der Waals surface area contributed by atoms with E-state index in [9.17, 15) is 0 Å². The topological polar surface area (TPSA) is 29.3 Å². The summed E-state index contributed by atoms with van der Waals surface area (Å²) in [5, 5.41) is 0. The summed E-state index contributed by atoms with van der Waals surface area (Å²) in [6, 6.07) is 8.34. The molecule has 2 unspecified atom stereocenters. The monoisotopic (exact) mass is 244 g/mol. The van der Waals surface area contributed by atoms with Crippen molar-refractivity contribution in [3.8, 4) is 0 Å². The smallest absolute Gasteiger partial charge is 0.0401 e. The van der Waals surface area contributed by atoms with Gasteiger partial charge in [-0.15, -0.1) is 0 Å². The number of hydrogen-bond acceptors (Lipinski definition) is 2. The molecule has 2 nitrogen and oxygen atoms in total. The van der Waals surface area contributed by atoms with Crippen molar-refractivity contribution >= 4 is 5.69 Å². The molecule has 2 saturated heterocycles. The Morgan fingerprint density at radius 3 is 2.39 bits per heavy atom. The second kappa shape index (κ2) is 4.58.